The maximum Gasteiger partial charge on any atom is 0.435 e. The van der Waals surface area contributed by atoms with Crippen molar-refractivity contribution < 1.29 is 48.7 Å². The number of amides is 1. The zero-order valence-corrected chi connectivity index (χ0v) is 32.2. The van der Waals surface area contributed by atoms with Crippen LogP contribution in [0.15, 0.2) is 42.5 Å². The van der Waals surface area contributed by atoms with E-state index in [4.69, 9.17) is 9.72 Å². The number of aryl methyl sites for hydroxylation is 1. The molecule has 0 aliphatic heterocycles. The average Bonchev–Trinajstić information content (AvgIpc) is 3.40. The van der Waals surface area contributed by atoms with Gasteiger partial charge < -0.3 is 15.4 Å². The molecule has 1 fully saturated rings. The summed E-state index contributed by atoms with van der Waals surface area (Å²) in [6.07, 6.45) is -4.59. The van der Waals surface area contributed by atoms with Crippen LogP contribution in [0.1, 0.15) is 46.6 Å². The van der Waals surface area contributed by atoms with Crippen molar-refractivity contribution in [1.29, 1.82) is 0 Å². The molecule has 8 rings (SSSR count). The molecule has 1 saturated carbocycles. The van der Waals surface area contributed by atoms with Gasteiger partial charge in [-0.25, -0.2) is 27.2 Å². The molecule has 13 nitrogen and oxygen atoms in total. The van der Waals surface area contributed by atoms with E-state index in [-0.39, 0.29) is 35.6 Å². The van der Waals surface area contributed by atoms with Gasteiger partial charge in [-0.05, 0) is 48.6 Å². The highest BCUT2D eigenvalue weighted by Crippen LogP contribution is 2.68. The zero-order chi connectivity index (χ0) is 41.5. The molecule has 22 heteroatoms. The molecule has 0 unspecified atom stereocenters. The van der Waals surface area contributed by atoms with Crippen LogP contribution < -0.4 is 15.4 Å². The lowest BCUT2D eigenvalue weighted by atomic mass is 9.94. The van der Waals surface area contributed by atoms with Crippen LogP contribution in [0.3, 0.4) is 0 Å². The molecular weight excluding hydrogens is 820 g/mol. The molecular formula is C36H32F7N9O4S2. The summed E-state index contributed by atoms with van der Waals surface area (Å²) in [5.74, 6) is -8.95. The van der Waals surface area contributed by atoms with Gasteiger partial charge in [0.1, 0.15) is 23.9 Å². The quantitative estimate of drug-likeness (QED) is 0.0875. The third-order valence-electron chi connectivity index (χ3n) is 9.95. The first kappa shape index (κ1) is 39.5. The van der Waals surface area contributed by atoms with Gasteiger partial charge in [-0.1, -0.05) is 23.5 Å². The molecule has 2 aliphatic rings. The number of nitrogens with zero attached hydrogens (tertiary/aromatic N) is 6. The predicted molar refractivity (Wildman–Crippen MR) is 199 cm³/mol. The van der Waals surface area contributed by atoms with Crippen molar-refractivity contribution in [2.45, 2.75) is 43.4 Å². The molecule has 1 amide bonds. The normalized spacial score (nSPS) is 17.7. The van der Waals surface area contributed by atoms with E-state index < -0.39 is 81.0 Å². The Balaban J connectivity index is 1.27. The first-order valence-electron chi connectivity index (χ1n) is 17.6. The maximum absolute atomic E-state index is 15.4. The number of ether oxygens (including phenoxy) is 1. The summed E-state index contributed by atoms with van der Waals surface area (Å²) in [6.45, 7) is -0.319. The van der Waals surface area contributed by atoms with Gasteiger partial charge in [-0.3, -0.25) is 18.9 Å². The van der Waals surface area contributed by atoms with Gasteiger partial charge in [-0.15, -0.1) is 0 Å². The average molecular weight is 852 g/mol. The third kappa shape index (κ3) is 7.31. The largest absolute Gasteiger partial charge is 0.435 e. The van der Waals surface area contributed by atoms with Crippen LogP contribution in [0.5, 0.6) is 0 Å². The van der Waals surface area contributed by atoms with Crippen molar-refractivity contribution in [3.63, 3.8) is 0 Å². The van der Waals surface area contributed by atoms with E-state index in [1.54, 1.807) is 31.3 Å². The number of methoxy groups -OCH3 is 1. The fraction of sp³-hybridized carbons (Fsp3) is 0.361. The molecule has 0 bridgehead atoms. The molecule has 2 aliphatic carbocycles. The maximum atomic E-state index is 15.4. The monoisotopic (exact) mass is 851 g/mol. The number of carbonyl (C=O) groups is 1. The van der Waals surface area contributed by atoms with E-state index in [0.717, 1.165) is 18.4 Å². The van der Waals surface area contributed by atoms with Gasteiger partial charge in [0.05, 0.1) is 34.8 Å². The van der Waals surface area contributed by atoms with Gasteiger partial charge in [0.25, 0.3) is 5.92 Å². The summed E-state index contributed by atoms with van der Waals surface area (Å²) in [5, 5.41) is 14.5. The molecule has 0 radical (unpaired) electrons. The number of carbonyl (C=O) groups excluding carboxylic acids is 1. The molecule has 3 atom stereocenters. The number of aromatic nitrogens is 6. The molecule has 306 valence electrons. The Labute approximate surface area is 328 Å². The number of anilines is 2. The summed E-state index contributed by atoms with van der Waals surface area (Å²) >= 11 is 1.23. The smallest absolute Gasteiger partial charge is 0.383 e. The van der Waals surface area contributed by atoms with Crippen molar-refractivity contribution >= 4 is 59.5 Å². The van der Waals surface area contributed by atoms with Gasteiger partial charge in [0.15, 0.2) is 22.3 Å². The molecule has 4 heterocycles. The van der Waals surface area contributed by atoms with Crippen LogP contribution in [0.2, 0.25) is 0 Å². The standard InChI is InChI=1S/C36H32F7N9O4S2/c1-51-29-19(5-4-6-20(29)32(49-51)50-58(3,54)55)21-14-25-33(47-34(57-25)44-7-8-56-2)46-28(21)24(11-16-9-17(37)12-18(38)10-16)45-26(53)15-52-31-27(30(48-52)36(41,42)43)22-13-23(22)35(31,39)40/h4-6,9-10,12,14,22-24H,7-8,11,13,15H2,1-3H3,(H,45,53)(H,49,50)(H,44,46,47)/t22-,23+,24-/m0/s1. The minimum atomic E-state index is -5.06. The number of benzene rings is 2. The highest BCUT2D eigenvalue weighted by atomic mass is 32.2. The second-order valence-corrected chi connectivity index (χ2v) is 16.9. The molecule has 6 aromatic rings. The van der Waals surface area contributed by atoms with E-state index >= 15 is 8.78 Å². The number of fused-ring (bicyclic) bond motifs is 5. The number of pyridine rings is 1. The summed E-state index contributed by atoms with van der Waals surface area (Å²) in [7, 11) is -0.679. The van der Waals surface area contributed by atoms with Gasteiger partial charge >= 0.3 is 6.18 Å². The molecule has 3 N–H and O–H groups in total. The Hall–Kier alpha value is -5.35. The van der Waals surface area contributed by atoms with Crippen LogP contribution in [0.25, 0.3) is 32.4 Å². The van der Waals surface area contributed by atoms with Crippen molar-refractivity contribution in [3.05, 3.63) is 82.3 Å². The Bertz CT molecular complexity index is 2710. The number of alkyl halides is 5. The van der Waals surface area contributed by atoms with Crippen LogP contribution in [0.4, 0.5) is 41.7 Å². The first-order chi connectivity index (χ1) is 27.3. The molecule has 2 aromatic carbocycles. The summed E-state index contributed by atoms with van der Waals surface area (Å²) in [6, 6.07) is 8.01. The second kappa shape index (κ2) is 14.2. The van der Waals surface area contributed by atoms with Crippen molar-refractivity contribution in [2.24, 2.45) is 13.0 Å². The van der Waals surface area contributed by atoms with Gasteiger partial charge in [0, 0.05) is 54.8 Å². The minimum Gasteiger partial charge on any atom is -0.383 e. The van der Waals surface area contributed by atoms with Crippen molar-refractivity contribution in [1.82, 2.24) is 34.8 Å². The number of hydrogen-bond donors (Lipinski definition) is 3. The van der Waals surface area contributed by atoms with Crippen LogP contribution in [-0.2, 0) is 51.7 Å². The van der Waals surface area contributed by atoms with Crippen LogP contribution in [0, 0.1) is 17.6 Å². The molecule has 0 spiro atoms. The Morgan fingerprint density at radius 1 is 1.09 bits per heavy atom. The number of rotatable bonds is 13. The first-order valence-corrected chi connectivity index (χ1v) is 20.3. The second-order valence-electron chi connectivity index (χ2n) is 14.2. The van der Waals surface area contributed by atoms with E-state index in [9.17, 15) is 35.2 Å². The minimum absolute atomic E-state index is 0.0133. The van der Waals surface area contributed by atoms with Crippen molar-refractivity contribution in [3.8, 4) is 11.1 Å². The van der Waals surface area contributed by atoms with Crippen molar-refractivity contribution in [2.75, 3.05) is 36.6 Å². The number of nitrogens with one attached hydrogen (secondary N) is 3. The number of halogens is 7. The van der Waals surface area contributed by atoms with Crippen LogP contribution >= 0.6 is 11.3 Å². The predicted octanol–water partition coefficient (Wildman–Crippen LogP) is 6.48. The van der Waals surface area contributed by atoms with E-state index in [1.165, 1.54) is 23.1 Å². The fourth-order valence-electron chi connectivity index (χ4n) is 7.65. The summed E-state index contributed by atoms with van der Waals surface area (Å²) in [4.78, 5) is 23.4. The third-order valence-corrected chi connectivity index (χ3v) is 11.5. The number of sulfonamides is 1. The number of para-hydroxylation sites is 1. The Morgan fingerprint density at radius 3 is 2.52 bits per heavy atom. The zero-order valence-electron chi connectivity index (χ0n) is 30.6. The van der Waals surface area contributed by atoms with Crippen LogP contribution in [-0.4, -0.2) is 70.4 Å². The van der Waals surface area contributed by atoms with E-state index in [0.29, 0.717) is 55.8 Å². The van der Waals surface area contributed by atoms with E-state index in [2.05, 4.69) is 30.5 Å². The Morgan fingerprint density at radius 2 is 1.83 bits per heavy atom. The number of hydrogen-bond acceptors (Lipinski definition) is 10. The molecule has 58 heavy (non-hydrogen) atoms. The van der Waals surface area contributed by atoms with E-state index in [1.807, 2.05) is 0 Å². The summed E-state index contributed by atoms with van der Waals surface area (Å²) in [5.41, 5.74) is -1.62. The lowest BCUT2D eigenvalue weighted by molar-refractivity contribution is -0.142. The highest BCUT2D eigenvalue weighted by Gasteiger charge is 2.68. The fourth-order valence-corrected chi connectivity index (χ4v) is 9.03. The van der Waals surface area contributed by atoms with Gasteiger partial charge in [-0.2, -0.15) is 32.1 Å². The van der Waals surface area contributed by atoms with Gasteiger partial charge in [0.2, 0.25) is 15.9 Å². The molecule has 0 saturated heterocycles. The summed E-state index contributed by atoms with van der Waals surface area (Å²) < 4.78 is 137. The Kier molecular flexibility index (Phi) is 9.65. The molecule has 4 aromatic heterocycles. The SMILES string of the molecule is COCCNc1nc2nc([C@H](Cc3cc(F)cc(F)c3)NC(=O)Cn3nc(C(F)(F)F)c4c3C(F)(F)[C@@H]3C[C@H]43)c(-c3cccc4c(NS(C)(=O)=O)nn(C)c34)cc2s1. The lowest BCUT2D eigenvalue weighted by Gasteiger charge is -2.23. The number of thiazole rings is 1. The topological polar surface area (TPSA) is 158 Å². The lowest BCUT2D eigenvalue weighted by Crippen LogP contribution is -2.35. The highest BCUT2D eigenvalue weighted by molar-refractivity contribution is 7.92.